The summed E-state index contributed by atoms with van der Waals surface area (Å²) >= 11 is -0.115. The first-order valence-corrected chi connectivity index (χ1v) is 6.42. The maximum Gasteiger partial charge on any atom is 0.446 e. The van der Waals surface area contributed by atoms with Crippen LogP contribution in [0.1, 0.15) is 18.1 Å². The van der Waals surface area contributed by atoms with Gasteiger partial charge in [-0.25, -0.2) is 0 Å². The number of aliphatic imine (C=N–C) groups is 1. The first kappa shape index (κ1) is 15.7. The standard InChI is InChI=1S/C12H16F3N3S/c1-7-3-9(5-8(2)18-11(16)17)6-10(4-7)19-12(13,14)15/h3-4,6,8H,5H2,1-2H3,(H4,16,17,18)/t8-/m0/s1. The molecule has 1 aromatic carbocycles. The monoisotopic (exact) mass is 291 g/mol. The van der Waals surface area contributed by atoms with Crippen molar-refractivity contribution < 1.29 is 13.2 Å². The van der Waals surface area contributed by atoms with Gasteiger partial charge in [-0.15, -0.1) is 0 Å². The first-order valence-electron chi connectivity index (χ1n) is 5.61. The summed E-state index contributed by atoms with van der Waals surface area (Å²) in [6, 6.07) is 4.69. The summed E-state index contributed by atoms with van der Waals surface area (Å²) in [5, 5.41) is 0. The third-order valence-electron chi connectivity index (χ3n) is 2.24. The zero-order valence-electron chi connectivity index (χ0n) is 10.7. The Kier molecular flexibility index (Phi) is 5.11. The molecule has 1 atom stereocenters. The molecule has 1 aromatic rings. The van der Waals surface area contributed by atoms with E-state index >= 15 is 0 Å². The molecule has 106 valence electrons. The first-order chi connectivity index (χ1) is 8.65. The van der Waals surface area contributed by atoms with Crippen LogP contribution in [0.2, 0.25) is 0 Å². The van der Waals surface area contributed by atoms with Crippen LogP contribution in [0.25, 0.3) is 0 Å². The van der Waals surface area contributed by atoms with Crippen molar-refractivity contribution in [2.75, 3.05) is 0 Å². The second kappa shape index (κ2) is 6.18. The Hall–Kier alpha value is -1.37. The molecule has 0 saturated carbocycles. The van der Waals surface area contributed by atoms with Gasteiger partial charge in [0.1, 0.15) is 0 Å². The highest BCUT2D eigenvalue weighted by atomic mass is 32.2. The number of alkyl halides is 3. The van der Waals surface area contributed by atoms with Crippen LogP contribution >= 0.6 is 11.8 Å². The lowest BCUT2D eigenvalue weighted by Gasteiger charge is -2.11. The van der Waals surface area contributed by atoms with Gasteiger partial charge >= 0.3 is 5.51 Å². The minimum atomic E-state index is -4.28. The van der Waals surface area contributed by atoms with E-state index in [0.29, 0.717) is 6.42 Å². The minimum absolute atomic E-state index is 0.0231. The molecule has 0 aliphatic heterocycles. The molecule has 0 saturated heterocycles. The molecule has 1 rings (SSSR count). The van der Waals surface area contributed by atoms with Gasteiger partial charge in [0.05, 0.1) is 6.04 Å². The van der Waals surface area contributed by atoms with Crippen molar-refractivity contribution in [3.8, 4) is 0 Å². The summed E-state index contributed by atoms with van der Waals surface area (Å²) in [4.78, 5) is 4.13. The van der Waals surface area contributed by atoms with Crippen LogP contribution in [0.4, 0.5) is 13.2 Å². The van der Waals surface area contributed by atoms with Crippen LogP contribution < -0.4 is 11.5 Å². The van der Waals surface area contributed by atoms with E-state index in [1.807, 2.05) is 6.07 Å². The highest BCUT2D eigenvalue weighted by molar-refractivity contribution is 8.00. The molecule has 0 amide bonds. The van der Waals surface area contributed by atoms with E-state index in [9.17, 15) is 13.2 Å². The normalized spacial score (nSPS) is 13.1. The fourth-order valence-corrected chi connectivity index (χ4v) is 2.50. The lowest BCUT2D eigenvalue weighted by atomic mass is 10.1. The van der Waals surface area contributed by atoms with Gasteiger partial charge in [-0.3, -0.25) is 4.99 Å². The molecule has 0 bridgehead atoms. The summed E-state index contributed by atoms with van der Waals surface area (Å²) in [7, 11) is 0. The fourth-order valence-electron chi connectivity index (χ4n) is 1.78. The largest absolute Gasteiger partial charge is 0.446 e. The third kappa shape index (κ3) is 6.37. The number of benzene rings is 1. The number of nitrogens with two attached hydrogens (primary N) is 2. The highest BCUT2D eigenvalue weighted by Crippen LogP contribution is 2.37. The van der Waals surface area contributed by atoms with Crippen LogP contribution in [0.5, 0.6) is 0 Å². The second-order valence-electron chi connectivity index (χ2n) is 4.31. The Balaban J connectivity index is 2.88. The molecule has 19 heavy (non-hydrogen) atoms. The minimum Gasteiger partial charge on any atom is -0.370 e. The van der Waals surface area contributed by atoms with E-state index in [4.69, 9.17) is 11.5 Å². The van der Waals surface area contributed by atoms with Crippen LogP contribution in [0, 0.1) is 6.92 Å². The molecule has 0 heterocycles. The summed E-state index contributed by atoms with van der Waals surface area (Å²) in [6.07, 6.45) is 0.491. The van der Waals surface area contributed by atoms with Crippen molar-refractivity contribution in [1.29, 1.82) is 0 Å². The van der Waals surface area contributed by atoms with Crippen LogP contribution in [-0.4, -0.2) is 17.5 Å². The third-order valence-corrected chi connectivity index (χ3v) is 2.95. The van der Waals surface area contributed by atoms with E-state index < -0.39 is 5.51 Å². The molecule has 0 unspecified atom stereocenters. The average molecular weight is 291 g/mol. The lowest BCUT2D eigenvalue weighted by Crippen LogP contribution is -2.25. The van der Waals surface area contributed by atoms with Gasteiger partial charge in [0.25, 0.3) is 0 Å². The maximum atomic E-state index is 12.3. The maximum absolute atomic E-state index is 12.3. The highest BCUT2D eigenvalue weighted by Gasteiger charge is 2.29. The molecule has 3 nitrogen and oxygen atoms in total. The van der Waals surface area contributed by atoms with Gasteiger partial charge in [0, 0.05) is 4.90 Å². The number of halogens is 3. The summed E-state index contributed by atoms with van der Waals surface area (Å²) in [5.74, 6) is -0.0231. The Labute approximate surface area is 114 Å². The number of guanidine groups is 1. The molecule has 7 heteroatoms. The summed E-state index contributed by atoms with van der Waals surface area (Å²) < 4.78 is 37.0. The fraction of sp³-hybridized carbons (Fsp3) is 0.417. The number of nitrogens with zero attached hydrogens (tertiary/aromatic N) is 1. The van der Waals surface area contributed by atoms with Gasteiger partial charge in [0.15, 0.2) is 5.96 Å². The zero-order valence-corrected chi connectivity index (χ0v) is 11.5. The molecule has 4 N–H and O–H groups in total. The topological polar surface area (TPSA) is 64.4 Å². The smallest absolute Gasteiger partial charge is 0.370 e. The number of thioether (sulfide) groups is 1. The van der Waals surface area contributed by atoms with Gasteiger partial charge < -0.3 is 11.5 Å². The number of hydrogen-bond acceptors (Lipinski definition) is 2. The van der Waals surface area contributed by atoms with Crippen molar-refractivity contribution in [3.05, 3.63) is 29.3 Å². The predicted octanol–water partition coefficient (Wildman–Crippen LogP) is 2.81. The molecular formula is C12H16F3N3S. The number of rotatable bonds is 4. The van der Waals surface area contributed by atoms with Crippen LogP contribution in [-0.2, 0) is 6.42 Å². The molecule has 0 radical (unpaired) electrons. The molecule has 0 aliphatic rings. The van der Waals surface area contributed by atoms with E-state index in [1.54, 1.807) is 13.8 Å². The lowest BCUT2D eigenvalue weighted by molar-refractivity contribution is -0.0328. The van der Waals surface area contributed by atoms with Crippen molar-refractivity contribution >= 4 is 17.7 Å². The van der Waals surface area contributed by atoms with E-state index in [1.165, 1.54) is 12.1 Å². The van der Waals surface area contributed by atoms with Gasteiger partial charge in [-0.05, 0) is 55.3 Å². The van der Waals surface area contributed by atoms with Crippen molar-refractivity contribution in [3.63, 3.8) is 0 Å². The van der Waals surface area contributed by atoms with Gasteiger partial charge in [0.2, 0.25) is 0 Å². The van der Waals surface area contributed by atoms with Crippen molar-refractivity contribution in [1.82, 2.24) is 0 Å². The van der Waals surface area contributed by atoms with E-state index in [2.05, 4.69) is 4.99 Å². The van der Waals surface area contributed by atoms with Gasteiger partial charge in [-0.2, -0.15) is 13.2 Å². The van der Waals surface area contributed by atoms with Crippen LogP contribution in [0.3, 0.4) is 0 Å². The van der Waals surface area contributed by atoms with Crippen molar-refractivity contribution in [2.24, 2.45) is 16.5 Å². The Morgan fingerprint density at radius 2 is 1.95 bits per heavy atom. The summed E-state index contributed by atoms with van der Waals surface area (Å²) in [6.45, 7) is 3.56. The zero-order chi connectivity index (χ0) is 14.6. The number of hydrogen-bond donors (Lipinski definition) is 2. The van der Waals surface area contributed by atoms with Crippen LogP contribution in [0.15, 0.2) is 28.1 Å². The number of aryl methyl sites for hydroxylation is 1. The predicted molar refractivity (Wildman–Crippen MR) is 72.1 cm³/mol. The Morgan fingerprint density at radius 3 is 2.47 bits per heavy atom. The Morgan fingerprint density at radius 1 is 1.32 bits per heavy atom. The van der Waals surface area contributed by atoms with Gasteiger partial charge in [-0.1, -0.05) is 6.07 Å². The van der Waals surface area contributed by atoms with E-state index in [0.717, 1.165) is 11.1 Å². The quantitative estimate of drug-likeness (QED) is 0.509. The molecule has 0 aliphatic carbocycles. The summed E-state index contributed by atoms with van der Waals surface area (Å²) in [5.41, 5.74) is 7.81. The average Bonchev–Trinajstić information content (AvgIpc) is 2.10. The SMILES string of the molecule is Cc1cc(C[C@H](C)N=C(N)N)cc(SC(F)(F)F)c1. The molecule has 0 spiro atoms. The molecule has 0 aromatic heterocycles. The van der Waals surface area contributed by atoms with E-state index in [-0.39, 0.29) is 28.7 Å². The van der Waals surface area contributed by atoms with Crippen molar-refractivity contribution in [2.45, 2.75) is 36.7 Å². The Bertz CT molecular complexity index is 468. The molecular weight excluding hydrogens is 275 g/mol. The second-order valence-corrected chi connectivity index (χ2v) is 5.45. The molecule has 0 fully saturated rings.